The van der Waals surface area contributed by atoms with Crippen LogP contribution in [-0.2, 0) is 23.8 Å². The molecular formula is C26H30O7. The lowest BCUT2D eigenvalue weighted by atomic mass is 9.84. The van der Waals surface area contributed by atoms with E-state index in [1.54, 1.807) is 32.4 Å². The van der Waals surface area contributed by atoms with Crippen molar-refractivity contribution in [3.05, 3.63) is 53.6 Å². The number of ether oxygens (including phenoxy) is 5. The van der Waals surface area contributed by atoms with E-state index in [2.05, 4.69) is 19.6 Å². The zero-order valence-corrected chi connectivity index (χ0v) is 19.3. The quantitative estimate of drug-likeness (QED) is 0.278. The van der Waals surface area contributed by atoms with Crippen molar-refractivity contribution in [3.63, 3.8) is 0 Å². The third-order valence-corrected chi connectivity index (χ3v) is 6.69. The second-order valence-electron chi connectivity index (χ2n) is 8.81. The summed E-state index contributed by atoms with van der Waals surface area (Å²) >= 11 is 0. The fourth-order valence-corrected chi connectivity index (χ4v) is 4.66. The van der Waals surface area contributed by atoms with Crippen molar-refractivity contribution in [2.75, 3.05) is 20.8 Å². The van der Waals surface area contributed by atoms with Gasteiger partial charge in [-0.25, -0.2) is 9.59 Å². The van der Waals surface area contributed by atoms with Crippen LogP contribution < -0.4 is 9.47 Å². The van der Waals surface area contributed by atoms with Gasteiger partial charge in [-0.15, -0.1) is 0 Å². The van der Waals surface area contributed by atoms with Crippen LogP contribution in [0.4, 0.5) is 0 Å². The summed E-state index contributed by atoms with van der Waals surface area (Å²) < 4.78 is 27.7. The first-order chi connectivity index (χ1) is 15.9. The number of epoxide rings is 1. The van der Waals surface area contributed by atoms with Crippen LogP contribution in [-0.4, -0.2) is 50.6 Å². The minimum absolute atomic E-state index is 0.0735. The Kier molecular flexibility index (Phi) is 6.61. The van der Waals surface area contributed by atoms with Crippen molar-refractivity contribution in [2.45, 2.75) is 50.4 Å². The van der Waals surface area contributed by atoms with Crippen molar-refractivity contribution in [3.8, 4) is 11.5 Å². The Balaban J connectivity index is 1.40. The second kappa shape index (κ2) is 9.43. The number of carbonyl (C=O) groups excluding carboxylic acids is 2. The highest BCUT2D eigenvalue weighted by Gasteiger charge is 2.61. The van der Waals surface area contributed by atoms with Gasteiger partial charge >= 0.3 is 11.9 Å². The molecule has 2 aliphatic heterocycles. The van der Waals surface area contributed by atoms with Crippen molar-refractivity contribution in [1.82, 2.24) is 0 Å². The fraction of sp³-hybridized carbons (Fsp3) is 0.462. The van der Waals surface area contributed by atoms with Crippen molar-refractivity contribution >= 4 is 18.0 Å². The van der Waals surface area contributed by atoms with Crippen LogP contribution >= 0.6 is 0 Å². The molecule has 2 fully saturated rings. The first-order valence-electron chi connectivity index (χ1n) is 11.2. The van der Waals surface area contributed by atoms with E-state index in [0.717, 1.165) is 18.4 Å². The molecule has 3 aliphatic rings. The molecule has 1 aromatic carbocycles. The molecule has 1 aliphatic carbocycles. The number of allylic oxidation sites excluding steroid dienone is 1. The van der Waals surface area contributed by atoms with E-state index in [9.17, 15) is 9.59 Å². The van der Waals surface area contributed by atoms with E-state index in [4.69, 9.17) is 23.7 Å². The molecule has 0 radical (unpaired) electrons. The number of esters is 2. The molecular weight excluding hydrogens is 424 g/mol. The van der Waals surface area contributed by atoms with Gasteiger partial charge in [0.15, 0.2) is 0 Å². The lowest BCUT2D eigenvalue weighted by molar-refractivity contribution is -0.140. The molecule has 2 heterocycles. The predicted octanol–water partition coefficient (Wildman–Crippen LogP) is 4.02. The first-order valence-corrected chi connectivity index (χ1v) is 11.2. The molecule has 4 atom stereocenters. The number of hydrogen-bond donors (Lipinski definition) is 0. The van der Waals surface area contributed by atoms with Gasteiger partial charge in [0.2, 0.25) is 0 Å². The molecule has 1 aromatic rings. The van der Waals surface area contributed by atoms with E-state index in [1.807, 2.05) is 6.07 Å². The lowest BCUT2D eigenvalue weighted by Gasteiger charge is -2.20. The first kappa shape index (κ1) is 23.1. The van der Waals surface area contributed by atoms with Gasteiger partial charge in [0.25, 0.3) is 0 Å². The van der Waals surface area contributed by atoms with Crippen molar-refractivity contribution < 1.29 is 33.3 Å². The predicted molar refractivity (Wildman–Crippen MR) is 122 cm³/mol. The van der Waals surface area contributed by atoms with Crippen LogP contribution in [0.15, 0.2) is 48.1 Å². The Morgan fingerprint density at radius 1 is 1.27 bits per heavy atom. The third kappa shape index (κ3) is 4.83. The molecule has 0 amide bonds. The smallest absolute Gasteiger partial charge is 0.334 e. The molecule has 7 nitrogen and oxygen atoms in total. The van der Waals surface area contributed by atoms with Crippen LogP contribution in [0.3, 0.4) is 0 Å². The van der Waals surface area contributed by atoms with Gasteiger partial charge < -0.3 is 23.7 Å². The van der Waals surface area contributed by atoms with Gasteiger partial charge in [-0.1, -0.05) is 18.7 Å². The van der Waals surface area contributed by atoms with E-state index in [-0.39, 0.29) is 36.3 Å². The standard InChI is InChI=1S/C26H30O7/c1-16-18-11-10-17(7-6-14-26(2)24(33-26)23(18)32-25(16)28)15-31-22(27)13-12-19-20(29-3)8-5-9-21(19)30-4/h5,7-9,12-13,18,23-24H,1,6,10-11,14-15H2,2-4H3/b13-12+,17-7+/t18?,23-,24+,26?/m0/s1. The Hall–Kier alpha value is -3.06. The SMILES string of the molecule is C=C1C(=O)O[C@H]2C1CC/C(COC(=O)/C=C/c1c(OC)cccc1OC)=C\CCC1(C)O[C@H]21. The average molecular weight is 455 g/mol. The van der Waals surface area contributed by atoms with Crippen LogP contribution in [0.5, 0.6) is 11.5 Å². The zero-order chi connectivity index (χ0) is 23.6. The highest BCUT2D eigenvalue weighted by Crippen LogP contribution is 2.49. The molecule has 176 valence electrons. The van der Waals surface area contributed by atoms with E-state index < -0.39 is 5.97 Å². The zero-order valence-electron chi connectivity index (χ0n) is 19.3. The summed E-state index contributed by atoms with van der Waals surface area (Å²) in [7, 11) is 3.13. The summed E-state index contributed by atoms with van der Waals surface area (Å²) in [5, 5.41) is 0. The molecule has 0 saturated carbocycles. The number of benzene rings is 1. The average Bonchev–Trinajstić information content (AvgIpc) is 3.40. The molecule has 7 heteroatoms. The number of rotatable bonds is 6. The van der Waals surface area contributed by atoms with E-state index >= 15 is 0 Å². The third-order valence-electron chi connectivity index (χ3n) is 6.69. The molecule has 2 saturated heterocycles. The van der Waals surface area contributed by atoms with Gasteiger partial charge in [-0.05, 0) is 56.4 Å². The van der Waals surface area contributed by atoms with Crippen molar-refractivity contribution in [1.29, 1.82) is 0 Å². The summed E-state index contributed by atoms with van der Waals surface area (Å²) in [6, 6.07) is 5.41. The minimum atomic E-state index is -0.458. The van der Waals surface area contributed by atoms with E-state index in [1.165, 1.54) is 6.08 Å². The molecule has 0 aromatic heterocycles. The number of fused-ring (bicyclic) bond motifs is 3. The summed E-state index contributed by atoms with van der Waals surface area (Å²) in [5.41, 5.74) is 1.89. The monoisotopic (exact) mass is 454 g/mol. The molecule has 4 rings (SSSR count). The molecule has 2 unspecified atom stereocenters. The molecule has 0 N–H and O–H groups in total. The summed E-state index contributed by atoms with van der Waals surface area (Å²) in [4.78, 5) is 24.5. The van der Waals surface area contributed by atoms with Crippen LogP contribution in [0, 0.1) is 5.92 Å². The molecule has 0 bridgehead atoms. The van der Waals surface area contributed by atoms with Gasteiger partial charge in [-0.3, -0.25) is 0 Å². The van der Waals surface area contributed by atoms with Gasteiger partial charge in [0.1, 0.15) is 30.3 Å². The summed E-state index contributed by atoms with van der Waals surface area (Å²) in [5.74, 6) is 0.326. The topological polar surface area (TPSA) is 83.6 Å². The Morgan fingerprint density at radius 2 is 2.00 bits per heavy atom. The Labute approximate surface area is 194 Å². The van der Waals surface area contributed by atoms with E-state index in [0.29, 0.717) is 35.5 Å². The lowest BCUT2D eigenvalue weighted by Crippen LogP contribution is -2.29. The summed E-state index contributed by atoms with van der Waals surface area (Å²) in [6.45, 7) is 6.18. The van der Waals surface area contributed by atoms with Gasteiger partial charge in [0.05, 0.1) is 25.4 Å². The maximum absolute atomic E-state index is 12.4. The Morgan fingerprint density at radius 3 is 2.70 bits per heavy atom. The normalized spacial score (nSPS) is 30.5. The largest absolute Gasteiger partial charge is 0.496 e. The Bertz CT molecular complexity index is 986. The number of methoxy groups -OCH3 is 2. The van der Waals surface area contributed by atoms with Crippen LogP contribution in [0.2, 0.25) is 0 Å². The number of hydrogen-bond acceptors (Lipinski definition) is 7. The second-order valence-corrected chi connectivity index (χ2v) is 8.81. The maximum atomic E-state index is 12.4. The highest BCUT2D eigenvalue weighted by atomic mass is 16.6. The number of carbonyl (C=O) groups is 2. The van der Waals surface area contributed by atoms with Gasteiger partial charge in [0, 0.05) is 17.6 Å². The fourth-order valence-electron chi connectivity index (χ4n) is 4.66. The van der Waals surface area contributed by atoms with Gasteiger partial charge in [-0.2, -0.15) is 0 Å². The maximum Gasteiger partial charge on any atom is 0.334 e. The minimum Gasteiger partial charge on any atom is -0.496 e. The van der Waals surface area contributed by atoms with Crippen LogP contribution in [0.1, 0.15) is 38.2 Å². The molecule has 33 heavy (non-hydrogen) atoms. The molecule has 0 spiro atoms. The summed E-state index contributed by atoms with van der Waals surface area (Å²) in [6.07, 6.45) is 7.77. The van der Waals surface area contributed by atoms with Crippen molar-refractivity contribution in [2.24, 2.45) is 5.92 Å². The highest BCUT2D eigenvalue weighted by molar-refractivity contribution is 5.91. The van der Waals surface area contributed by atoms with Crippen LogP contribution in [0.25, 0.3) is 6.08 Å².